The molecule has 11 heteroatoms. The molecule has 0 bridgehead atoms. The molecule has 0 spiro atoms. The minimum Gasteiger partial charge on any atom is -0.292 e. The molecule has 2 aliphatic rings. The predicted octanol–water partition coefficient (Wildman–Crippen LogP) is 4.09. The Morgan fingerprint density at radius 1 is 0.941 bits per heavy atom. The summed E-state index contributed by atoms with van der Waals surface area (Å²) in [6, 6.07) is 8.87. The summed E-state index contributed by atoms with van der Waals surface area (Å²) in [5.74, 6) is -3.76. The van der Waals surface area contributed by atoms with Crippen LogP contribution in [0.1, 0.15) is 33.6 Å². The number of carbonyl (C=O) groups excluding carboxylic acids is 4. The summed E-state index contributed by atoms with van der Waals surface area (Å²) in [4.78, 5) is 63.0. The normalized spacial score (nSPS) is 19.2. The van der Waals surface area contributed by atoms with E-state index < -0.39 is 46.8 Å². The van der Waals surface area contributed by atoms with Crippen molar-refractivity contribution in [2.24, 2.45) is 11.8 Å². The number of ketones is 1. The number of nitro groups is 1. The van der Waals surface area contributed by atoms with Crippen LogP contribution in [0.3, 0.4) is 0 Å². The molecule has 9 nitrogen and oxygen atoms in total. The zero-order valence-electron chi connectivity index (χ0n) is 17.5. The van der Waals surface area contributed by atoms with Crippen LogP contribution in [0.2, 0.25) is 10.0 Å². The maximum Gasteiger partial charge on any atom is 0.273 e. The Balaban J connectivity index is 1.69. The van der Waals surface area contributed by atoms with Gasteiger partial charge < -0.3 is 0 Å². The van der Waals surface area contributed by atoms with Gasteiger partial charge >= 0.3 is 0 Å². The van der Waals surface area contributed by atoms with Gasteiger partial charge in [0.15, 0.2) is 5.78 Å². The lowest BCUT2D eigenvalue weighted by molar-refractivity contribution is -0.384. The summed E-state index contributed by atoms with van der Waals surface area (Å²) >= 11 is 12.0. The van der Waals surface area contributed by atoms with Crippen LogP contribution < -0.4 is 0 Å². The zero-order valence-corrected chi connectivity index (χ0v) is 19.0. The first-order valence-corrected chi connectivity index (χ1v) is 11.0. The van der Waals surface area contributed by atoms with Crippen molar-refractivity contribution in [3.05, 3.63) is 85.9 Å². The van der Waals surface area contributed by atoms with Gasteiger partial charge in [0.2, 0.25) is 0 Å². The van der Waals surface area contributed by atoms with Crippen molar-refractivity contribution in [3.8, 4) is 0 Å². The molecule has 0 N–H and O–H groups in total. The quantitative estimate of drug-likeness (QED) is 0.193. The van der Waals surface area contributed by atoms with E-state index in [4.69, 9.17) is 23.2 Å². The fraction of sp³-hybridized carbons (Fsp3) is 0.217. The molecule has 4 rings (SSSR count). The molecule has 174 valence electrons. The molecule has 1 aliphatic carbocycles. The van der Waals surface area contributed by atoms with E-state index in [0.29, 0.717) is 12.8 Å². The zero-order chi connectivity index (χ0) is 24.6. The maximum atomic E-state index is 13.4. The van der Waals surface area contributed by atoms with Crippen LogP contribution in [0.5, 0.6) is 0 Å². The standard InChI is InChI=1S/C23H17Cl2N3O6/c24-18-10-7-14(11-19(18)25)21(30)26(12-20(29)13-5-8-15(9-6-13)28(33)34)27-22(31)16-3-1-2-4-17(16)23(27)32/h1-2,5-11,16-17H,3-4,12H2/t16-,17+. The van der Waals surface area contributed by atoms with Gasteiger partial charge in [-0.3, -0.25) is 29.3 Å². The average molecular weight is 502 g/mol. The first-order valence-electron chi connectivity index (χ1n) is 10.3. The largest absolute Gasteiger partial charge is 0.292 e. The van der Waals surface area contributed by atoms with Gasteiger partial charge in [-0.05, 0) is 43.2 Å². The molecule has 0 radical (unpaired) electrons. The number of hydrazine groups is 1. The molecule has 2 aromatic carbocycles. The Morgan fingerprint density at radius 2 is 1.50 bits per heavy atom. The molecule has 1 fully saturated rings. The summed E-state index contributed by atoms with van der Waals surface area (Å²) in [6.07, 6.45) is 4.33. The smallest absolute Gasteiger partial charge is 0.273 e. The second-order valence-corrected chi connectivity index (χ2v) is 8.68. The molecule has 0 saturated carbocycles. The van der Waals surface area contributed by atoms with Gasteiger partial charge in [-0.25, -0.2) is 5.01 Å². The highest BCUT2D eigenvalue weighted by atomic mass is 35.5. The SMILES string of the molecule is O=C(CN(C(=O)c1ccc(Cl)c(Cl)c1)N1C(=O)[C@H]2CC=CC[C@H]2C1=O)c1ccc([N+](=O)[O-])cc1. The summed E-state index contributed by atoms with van der Waals surface area (Å²) in [5, 5.41) is 12.7. The van der Waals surface area contributed by atoms with Gasteiger partial charge in [0.1, 0.15) is 6.54 Å². The number of halogens is 2. The van der Waals surface area contributed by atoms with E-state index in [1.165, 1.54) is 30.3 Å². The molecule has 34 heavy (non-hydrogen) atoms. The van der Waals surface area contributed by atoms with Crippen LogP contribution in [0.4, 0.5) is 5.69 Å². The Labute approximate surface area is 203 Å². The van der Waals surface area contributed by atoms with Gasteiger partial charge in [-0.15, -0.1) is 0 Å². The third-order valence-electron chi connectivity index (χ3n) is 5.82. The molecule has 2 atom stereocenters. The topological polar surface area (TPSA) is 118 Å². The highest BCUT2D eigenvalue weighted by Gasteiger charge is 2.51. The average Bonchev–Trinajstić information content (AvgIpc) is 3.09. The molecule has 3 amide bonds. The summed E-state index contributed by atoms with van der Waals surface area (Å²) in [5.41, 5.74) is -0.100. The fourth-order valence-electron chi connectivity index (χ4n) is 4.03. The fourth-order valence-corrected chi connectivity index (χ4v) is 4.33. The van der Waals surface area contributed by atoms with Crippen LogP contribution in [0, 0.1) is 22.0 Å². The summed E-state index contributed by atoms with van der Waals surface area (Å²) < 4.78 is 0. The number of carbonyl (C=O) groups is 4. The van der Waals surface area contributed by atoms with Crippen molar-refractivity contribution in [1.29, 1.82) is 0 Å². The third-order valence-corrected chi connectivity index (χ3v) is 6.56. The first-order chi connectivity index (χ1) is 16.2. The van der Waals surface area contributed by atoms with Gasteiger partial charge in [-0.2, -0.15) is 5.01 Å². The lowest BCUT2D eigenvalue weighted by Gasteiger charge is -2.30. The molecule has 0 aromatic heterocycles. The van der Waals surface area contributed by atoms with E-state index in [0.717, 1.165) is 22.2 Å². The highest BCUT2D eigenvalue weighted by Crippen LogP contribution is 2.36. The van der Waals surface area contributed by atoms with Crippen LogP contribution in [0.25, 0.3) is 0 Å². The van der Waals surface area contributed by atoms with Crippen LogP contribution in [-0.2, 0) is 9.59 Å². The number of imide groups is 1. The van der Waals surface area contributed by atoms with Crippen LogP contribution in [-0.4, -0.2) is 45.0 Å². The van der Waals surface area contributed by atoms with E-state index >= 15 is 0 Å². The summed E-state index contributed by atoms with van der Waals surface area (Å²) in [7, 11) is 0. The minimum absolute atomic E-state index is 0.0273. The number of rotatable bonds is 6. The molecule has 1 aliphatic heterocycles. The number of non-ortho nitro benzene ring substituents is 1. The molecular weight excluding hydrogens is 485 g/mol. The lowest BCUT2D eigenvalue weighted by Crippen LogP contribution is -2.52. The number of hydrogen-bond acceptors (Lipinski definition) is 6. The molecule has 0 unspecified atom stereocenters. The Kier molecular flexibility index (Phi) is 6.49. The van der Waals surface area contributed by atoms with Crippen molar-refractivity contribution >= 4 is 52.4 Å². The number of Topliss-reactive ketones (excluding diaryl/α,β-unsaturated/α-hetero) is 1. The summed E-state index contributed by atoms with van der Waals surface area (Å²) in [6.45, 7) is -0.638. The van der Waals surface area contributed by atoms with Gasteiger partial charge in [-0.1, -0.05) is 35.4 Å². The third kappa shape index (κ3) is 4.32. The number of nitro benzene ring substituents is 1. The number of benzene rings is 2. The maximum absolute atomic E-state index is 13.4. The number of nitrogens with zero attached hydrogens (tertiary/aromatic N) is 3. The molecule has 1 heterocycles. The lowest BCUT2D eigenvalue weighted by atomic mass is 9.85. The van der Waals surface area contributed by atoms with Gasteiger partial charge in [0.05, 0.1) is 26.8 Å². The minimum atomic E-state index is -0.790. The Morgan fingerprint density at radius 3 is 2.03 bits per heavy atom. The van der Waals surface area contributed by atoms with E-state index in [1.807, 2.05) is 12.2 Å². The van der Waals surface area contributed by atoms with E-state index in [9.17, 15) is 29.3 Å². The number of allylic oxidation sites excluding steroid dienone is 2. The number of amides is 3. The van der Waals surface area contributed by atoms with Crippen LogP contribution >= 0.6 is 23.2 Å². The Bertz CT molecular complexity index is 1220. The van der Waals surface area contributed by atoms with Crippen molar-refractivity contribution < 1.29 is 24.1 Å². The second kappa shape index (κ2) is 9.36. The van der Waals surface area contributed by atoms with E-state index in [1.54, 1.807) is 0 Å². The van der Waals surface area contributed by atoms with Crippen molar-refractivity contribution in [2.45, 2.75) is 12.8 Å². The first kappa shape index (κ1) is 23.6. The second-order valence-electron chi connectivity index (χ2n) is 7.86. The highest BCUT2D eigenvalue weighted by molar-refractivity contribution is 6.42. The molecular formula is C23H17Cl2N3O6. The van der Waals surface area contributed by atoms with E-state index in [-0.39, 0.29) is 26.9 Å². The Hall–Kier alpha value is -3.56. The van der Waals surface area contributed by atoms with Crippen LogP contribution in [0.15, 0.2) is 54.6 Å². The van der Waals surface area contributed by atoms with E-state index in [2.05, 4.69) is 0 Å². The monoisotopic (exact) mass is 501 g/mol. The molecule has 2 aromatic rings. The van der Waals surface area contributed by atoms with Crippen molar-refractivity contribution in [3.63, 3.8) is 0 Å². The number of fused-ring (bicyclic) bond motifs is 1. The molecule has 1 saturated heterocycles. The van der Waals surface area contributed by atoms with Crippen molar-refractivity contribution in [2.75, 3.05) is 6.54 Å². The number of hydrogen-bond donors (Lipinski definition) is 0. The predicted molar refractivity (Wildman–Crippen MR) is 122 cm³/mol. The van der Waals surface area contributed by atoms with Gasteiger partial charge in [0, 0.05) is 23.3 Å². The van der Waals surface area contributed by atoms with Crippen molar-refractivity contribution in [1.82, 2.24) is 10.0 Å². The van der Waals surface area contributed by atoms with Gasteiger partial charge in [0.25, 0.3) is 23.4 Å².